The van der Waals surface area contributed by atoms with Crippen molar-refractivity contribution in [2.24, 2.45) is 0 Å². The number of carbonyl (C=O) groups is 2. The summed E-state index contributed by atoms with van der Waals surface area (Å²) in [6.45, 7) is 3.73. The molecule has 0 fully saturated rings. The normalized spacial score (nSPS) is 13.0. The molecule has 1 aliphatic rings. The molecule has 29 heavy (non-hydrogen) atoms. The van der Waals surface area contributed by atoms with Gasteiger partial charge in [0.1, 0.15) is 17.3 Å². The molecule has 4 rings (SSSR count). The second-order valence-electron chi connectivity index (χ2n) is 6.39. The van der Waals surface area contributed by atoms with Crippen LogP contribution in [-0.2, 0) is 14.3 Å². The third-order valence-electron chi connectivity index (χ3n) is 4.45. The number of rotatable bonds is 5. The van der Waals surface area contributed by atoms with E-state index in [1.165, 1.54) is 4.90 Å². The third-order valence-corrected chi connectivity index (χ3v) is 5.44. The van der Waals surface area contributed by atoms with Crippen LogP contribution in [0.2, 0.25) is 0 Å². The molecule has 0 unspecified atom stereocenters. The lowest BCUT2D eigenvalue weighted by molar-refractivity contribution is -0.142. The van der Waals surface area contributed by atoms with Gasteiger partial charge < -0.3 is 9.47 Å². The van der Waals surface area contributed by atoms with E-state index < -0.39 is 5.97 Å². The average Bonchev–Trinajstić information content (AvgIpc) is 3.12. The largest absolute Gasteiger partial charge is 0.482 e. The first-order chi connectivity index (χ1) is 14.1. The van der Waals surface area contributed by atoms with E-state index in [-0.39, 0.29) is 25.7 Å². The first kappa shape index (κ1) is 19.1. The maximum Gasteiger partial charge on any atom is 0.326 e. The summed E-state index contributed by atoms with van der Waals surface area (Å²) in [6, 6.07) is 11.2. The fourth-order valence-corrected chi connectivity index (χ4v) is 4.03. The van der Waals surface area contributed by atoms with Crippen molar-refractivity contribution in [2.45, 2.75) is 13.8 Å². The summed E-state index contributed by atoms with van der Waals surface area (Å²) in [7, 11) is 0. The Morgan fingerprint density at radius 3 is 2.93 bits per heavy atom. The van der Waals surface area contributed by atoms with Gasteiger partial charge in [0, 0.05) is 16.6 Å². The maximum absolute atomic E-state index is 12.4. The number of aromatic nitrogens is 2. The molecule has 0 saturated carbocycles. The highest BCUT2D eigenvalue weighted by molar-refractivity contribution is 7.15. The molecule has 7 nitrogen and oxygen atoms in total. The number of anilines is 1. The summed E-state index contributed by atoms with van der Waals surface area (Å²) in [6.07, 6.45) is 1.74. The quantitative estimate of drug-likeness (QED) is 0.600. The van der Waals surface area contributed by atoms with Crippen molar-refractivity contribution < 1.29 is 19.1 Å². The van der Waals surface area contributed by atoms with Crippen LogP contribution in [0.3, 0.4) is 0 Å². The highest BCUT2D eigenvalue weighted by Gasteiger charge is 2.28. The molecule has 2 aromatic heterocycles. The number of hydrogen-bond donors (Lipinski definition) is 0. The zero-order chi connectivity index (χ0) is 20.4. The minimum atomic E-state index is -0.457. The number of hydrogen-bond acceptors (Lipinski definition) is 7. The Balaban J connectivity index is 1.71. The van der Waals surface area contributed by atoms with Crippen molar-refractivity contribution in [3.8, 4) is 27.7 Å². The van der Waals surface area contributed by atoms with Gasteiger partial charge in [0.05, 0.1) is 23.7 Å². The number of amides is 1. The Hall–Kier alpha value is -3.26. The molecule has 0 aliphatic carbocycles. The number of pyridine rings is 1. The van der Waals surface area contributed by atoms with Crippen LogP contribution >= 0.6 is 11.3 Å². The monoisotopic (exact) mass is 409 g/mol. The summed E-state index contributed by atoms with van der Waals surface area (Å²) < 4.78 is 10.5. The topological polar surface area (TPSA) is 81.6 Å². The van der Waals surface area contributed by atoms with Gasteiger partial charge in [-0.2, -0.15) is 0 Å². The van der Waals surface area contributed by atoms with Crippen molar-refractivity contribution in [3.05, 3.63) is 47.5 Å². The number of esters is 1. The van der Waals surface area contributed by atoms with Crippen molar-refractivity contribution in [1.29, 1.82) is 0 Å². The van der Waals surface area contributed by atoms with Crippen LogP contribution in [0.4, 0.5) is 5.69 Å². The molecule has 0 bridgehead atoms. The Morgan fingerprint density at radius 2 is 2.17 bits per heavy atom. The number of thiazole rings is 1. The molecule has 1 amide bonds. The number of nitrogens with zero attached hydrogens (tertiary/aromatic N) is 3. The molecule has 3 aromatic rings. The molecule has 0 spiro atoms. The molecule has 148 valence electrons. The summed E-state index contributed by atoms with van der Waals surface area (Å²) in [5.74, 6) is -0.191. The fourth-order valence-electron chi connectivity index (χ4n) is 3.12. The summed E-state index contributed by atoms with van der Waals surface area (Å²) in [5, 5.41) is 0.825. The first-order valence-corrected chi connectivity index (χ1v) is 10.0. The Kier molecular flexibility index (Phi) is 5.26. The lowest BCUT2D eigenvalue weighted by Crippen LogP contribution is -2.42. The van der Waals surface area contributed by atoms with Crippen LogP contribution in [-0.4, -0.2) is 41.6 Å². The van der Waals surface area contributed by atoms with E-state index >= 15 is 0 Å². The lowest BCUT2D eigenvalue weighted by atomic mass is 10.1. The molecule has 1 aliphatic heterocycles. The standard InChI is InChI=1S/C21H19N3O4S/c1-3-27-19(26)11-24-16-10-14(7-8-17(16)28-12-18(24)25)20-13(2)29-21(23-20)15-6-4-5-9-22-15/h4-10H,3,11-12H2,1-2H3. The van der Waals surface area contributed by atoms with Crippen molar-refractivity contribution in [3.63, 3.8) is 0 Å². The predicted octanol–water partition coefficient (Wildman–Crippen LogP) is 3.47. The number of fused-ring (bicyclic) bond motifs is 1. The lowest BCUT2D eigenvalue weighted by Gasteiger charge is -2.29. The number of ether oxygens (including phenoxy) is 2. The van der Waals surface area contributed by atoms with E-state index in [1.807, 2.05) is 37.3 Å². The molecule has 1 aromatic carbocycles. The molecule has 0 radical (unpaired) electrons. The van der Waals surface area contributed by atoms with Crippen LogP contribution < -0.4 is 9.64 Å². The van der Waals surface area contributed by atoms with E-state index in [1.54, 1.807) is 30.5 Å². The van der Waals surface area contributed by atoms with Crippen LogP contribution in [0, 0.1) is 6.92 Å². The Labute approximate surface area is 171 Å². The minimum absolute atomic E-state index is 0.106. The third kappa shape index (κ3) is 3.84. The van der Waals surface area contributed by atoms with Gasteiger partial charge in [0.15, 0.2) is 6.61 Å². The predicted molar refractivity (Wildman–Crippen MR) is 110 cm³/mol. The zero-order valence-electron chi connectivity index (χ0n) is 16.0. The summed E-state index contributed by atoms with van der Waals surface area (Å²) in [4.78, 5) is 35.9. The fraction of sp³-hybridized carbons (Fsp3) is 0.238. The van der Waals surface area contributed by atoms with Crippen LogP contribution in [0.1, 0.15) is 11.8 Å². The first-order valence-electron chi connectivity index (χ1n) is 9.19. The smallest absolute Gasteiger partial charge is 0.326 e. The van der Waals surface area contributed by atoms with Gasteiger partial charge in [0.2, 0.25) is 0 Å². The molecular weight excluding hydrogens is 390 g/mol. The number of carbonyl (C=O) groups excluding carboxylic acids is 2. The Morgan fingerprint density at radius 1 is 1.31 bits per heavy atom. The van der Waals surface area contributed by atoms with Gasteiger partial charge in [-0.05, 0) is 44.2 Å². The number of benzene rings is 1. The molecule has 0 atom stereocenters. The summed E-state index contributed by atoms with van der Waals surface area (Å²) in [5.41, 5.74) is 3.00. The van der Waals surface area contributed by atoms with E-state index in [0.717, 1.165) is 26.8 Å². The molecule has 3 heterocycles. The van der Waals surface area contributed by atoms with E-state index in [9.17, 15) is 9.59 Å². The van der Waals surface area contributed by atoms with Gasteiger partial charge in [-0.1, -0.05) is 6.07 Å². The van der Waals surface area contributed by atoms with Gasteiger partial charge in [0.25, 0.3) is 5.91 Å². The summed E-state index contributed by atoms with van der Waals surface area (Å²) >= 11 is 1.56. The van der Waals surface area contributed by atoms with Gasteiger partial charge in [-0.15, -0.1) is 11.3 Å². The van der Waals surface area contributed by atoms with Crippen molar-refractivity contribution in [1.82, 2.24) is 9.97 Å². The van der Waals surface area contributed by atoms with E-state index in [4.69, 9.17) is 14.5 Å². The zero-order valence-corrected chi connectivity index (χ0v) is 16.9. The van der Waals surface area contributed by atoms with Crippen LogP contribution in [0.5, 0.6) is 5.75 Å². The maximum atomic E-state index is 12.4. The van der Waals surface area contributed by atoms with E-state index in [2.05, 4.69) is 4.98 Å². The molecule has 8 heteroatoms. The van der Waals surface area contributed by atoms with Gasteiger partial charge in [-0.3, -0.25) is 19.5 Å². The van der Waals surface area contributed by atoms with Gasteiger partial charge >= 0.3 is 5.97 Å². The van der Waals surface area contributed by atoms with Crippen LogP contribution in [0.15, 0.2) is 42.6 Å². The number of aryl methyl sites for hydroxylation is 1. The van der Waals surface area contributed by atoms with Crippen LogP contribution in [0.25, 0.3) is 22.0 Å². The second kappa shape index (κ2) is 8.00. The van der Waals surface area contributed by atoms with Crippen molar-refractivity contribution >= 4 is 28.9 Å². The highest BCUT2D eigenvalue weighted by Crippen LogP contribution is 2.38. The minimum Gasteiger partial charge on any atom is -0.482 e. The SMILES string of the molecule is CCOC(=O)CN1C(=O)COc2ccc(-c3nc(-c4ccccn4)sc3C)cc21. The molecular formula is C21H19N3O4S. The second-order valence-corrected chi connectivity index (χ2v) is 7.60. The van der Waals surface area contributed by atoms with Crippen molar-refractivity contribution in [2.75, 3.05) is 24.7 Å². The Bertz CT molecular complexity index is 1070. The molecule has 0 saturated heterocycles. The highest BCUT2D eigenvalue weighted by atomic mass is 32.1. The van der Waals surface area contributed by atoms with Gasteiger partial charge in [-0.25, -0.2) is 4.98 Å². The molecule has 0 N–H and O–H groups in total. The van der Waals surface area contributed by atoms with E-state index in [0.29, 0.717) is 11.4 Å². The average molecular weight is 409 g/mol.